The number of aliphatic hydroxyl groups is 1. The third-order valence-electron chi connectivity index (χ3n) is 5.65. The molecule has 2 unspecified atom stereocenters. The van der Waals surface area contributed by atoms with E-state index in [1.807, 2.05) is 0 Å². The van der Waals surface area contributed by atoms with Gasteiger partial charge >= 0.3 is 0 Å². The molecule has 0 aromatic carbocycles. The van der Waals surface area contributed by atoms with Crippen molar-refractivity contribution < 1.29 is 29.7 Å². The number of carboxylic acids is 2. The number of nitrogens with one attached hydrogen (secondary N) is 2. The highest BCUT2D eigenvalue weighted by atomic mass is 16.4. The second-order valence-electron chi connectivity index (χ2n) is 8.31. The van der Waals surface area contributed by atoms with Crippen molar-refractivity contribution >= 4 is 17.8 Å². The summed E-state index contributed by atoms with van der Waals surface area (Å²) in [5, 5.41) is 31.1. The molecule has 1 saturated carbocycles. The number of hydrogen-bond acceptors (Lipinski definition) is 6. The van der Waals surface area contributed by atoms with Gasteiger partial charge < -0.3 is 26.0 Å². The number of rotatable bonds is 4. The third-order valence-corrected chi connectivity index (χ3v) is 5.65. The van der Waals surface area contributed by atoms with E-state index in [1.165, 1.54) is 25.7 Å². The Labute approximate surface area is 172 Å². The second kappa shape index (κ2) is 12.8. The summed E-state index contributed by atoms with van der Waals surface area (Å²) in [5.41, 5.74) is -0.0113. The number of carbonyl (C=O) groups excluding carboxylic acids is 1. The smallest absolute Gasteiger partial charge is 0.300 e. The van der Waals surface area contributed by atoms with Crippen LogP contribution in [0, 0.1) is 11.3 Å². The van der Waals surface area contributed by atoms with Crippen LogP contribution in [0.5, 0.6) is 0 Å². The number of carbonyl (C=O) groups is 3. The molecule has 168 valence electrons. The summed E-state index contributed by atoms with van der Waals surface area (Å²) in [7, 11) is 0. The molecule has 2 heterocycles. The normalized spacial score (nSPS) is 26.8. The lowest BCUT2D eigenvalue weighted by atomic mass is 9.82. The Morgan fingerprint density at radius 1 is 1.07 bits per heavy atom. The number of likely N-dealkylation sites (tertiary alicyclic amines) is 1. The minimum absolute atomic E-state index is 0.0113. The van der Waals surface area contributed by atoms with Crippen molar-refractivity contribution in [3.05, 3.63) is 0 Å². The van der Waals surface area contributed by atoms with Gasteiger partial charge in [-0.25, -0.2) is 0 Å². The summed E-state index contributed by atoms with van der Waals surface area (Å²) in [6.45, 7) is 6.53. The number of nitrogens with zero attached hydrogens (tertiary/aromatic N) is 1. The SMILES string of the molecule is CC(=O)O.CC(=O)O.O=C(CN1CC2CNCC2(CO)C1)NC1CCCCCC1. The lowest BCUT2D eigenvalue weighted by Crippen LogP contribution is -2.43. The van der Waals surface area contributed by atoms with E-state index in [1.54, 1.807) is 0 Å². The topological polar surface area (TPSA) is 139 Å². The third kappa shape index (κ3) is 9.56. The summed E-state index contributed by atoms with van der Waals surface area (Å²) >= 11 is 0. The Hall–Kier alpha value is -1.71. The summed E-state index contributed by atoms with van der Waals surface area (Å²) in [4.78, 5) is 32.5. The number of aliphatic hydroxyl groups excluding tert-OH is 1. The quantitative estimate of drug-likeness (QED) is 0.419. The van der Waals surface area contributed by atoms with Gasteiger partial charge in [0.1, 0.15) is 0 Å². The van der Waals surface area contributed by atoms with Crippen LogP contribution in [0.1, 0.15) is 52.4 Å². The van der Waals surface area contributed by atoms with Gasteiger partial charge in [0.15, 0.2) is 0 Å². The zero-order valence-corrected chi connectivity index (χ0v) is 17.7. The molecule has 3 fully saturated rings. The van der Waals surface area contributed by atoms with Crippen LogP contribution in [0.25, 0.3) is 0 Å². The standard InChI is InChI=1S/C16H29N3O2.2C2H4O2/c20-12-16-10-17-7-13(16)8-19(11-16)9-15(21)18-14-5-3-1-2-4-6-14;2*1-2(3)4/h13-14,17,20H,1-12H2,(H,18,21);2*1H3,(H,3,4). The van der Waals surface area contributed by atoms with Gasteiger partial charge in [0, 0.05) is 44.9 Å². The number of hydrogen-bond donors (Lipinski definition) is 5. The van der Waals surface area contributed by atoms with Gasteiger partial charge in [-0.05, 0) is 25.3 Å². The van der Waals surface area contributed by atoms with E-state index in [9.17, 15) is 9.90 Å². The fraction of sp³-hybridized carbons (Fsp3) is 0.850. The van der Waals surface area contributed by atoms with E-state index in [4.69, 9.17) is 19.8 Å². The molecule has 0 aromatic heterocycles. The van der Waals surface area contributed by atoms with Crippen molar-refractivity contribution in [1.29, 1.82) is 0 Å². The van der Waals surface area contributed by atoms with Crippen molar-refractivity contribution in [3.63, 3.8) is 0 Å². The molecule has 9 heteroatoms. The first-order valence-electron chi connectivity index (χ1n) is 10.4. The molecule has 2 saturated heterocycles. The molecule has 5 N–H and O–H groups in total. The highest BCUT2D eigenvalue weighted by Gasteiger charge is 2.49. The fourth-order valence-corrected chi connectivity index (χ4v) is 4.38. The Kier molecular flexibility index (Phi) is 11.2. The molecule has 3 rings (SSSR count). The van der Waals surface area contributed by atoms with Crippen molar-refractivity contribution in [2.24, 2.45) is 11.3 Å². The highest BCUT2D eigenvalue weighted by Crippen LogP contribution is 2.38. The minimum atomic E-state index is -0.833. The van der Waals surface area contributed by atoms with E-state index in [0.717, 1.165) is 52.9 Å². The molecule has 0 radical (unpaired) electrons. The summed E-state index contributed by atoms with van der Waals surface area (Å²) < 4.78 is 0. The van der Waals surface area contributed by atoms with Gasteiger partial charge in [0.2, 0.25) is 5.91 Å². The first-order chi connectivity index (χ1) is 13.7. The van der Waals surface area contributed by atoms with Crippen LogP contribution in [0.4, 0.5) is 0 Å². The van der Waals surface area contributed by atoms with Crippen molar-refractivity contribution in [2.45, 2.75) is 58.4 Å². The van der Waals surface area contributed by atoms with Crippen LogP contribution in [0.3, 0.4) is 0 Å². The summed E-state index contributed by atoms with van der Waals surface area (Å²) in [5.74, 6) is -1.00. The monoisotopic (exact) mass is 415 g/mol. The molecule has 29 heavy (non-hydrogen) atoms. The Bertz CT molecular complexity index is 516. The van der Waals surface area contributed by atoms with E-state index in [2.05, 4.69) is 15.5 Å². The molecule has 1 amide bonds. The Morgan fingerprint density at radius 3 is 2.10 bits per heavy atom. The highest BCUT2D eigenvalue weighted by molar-refractivity contribution is 5.78. The molecule has 1 aliphatic carbocycles. The molecule has 0 aromatic rings. The number of fused-ring (bicyclic) bond motifs is 1. The average Bonchev–Trinajstić information content (AvgIpc) is 3.01. The van der Waals surface area contributed by atoms with Gasteiger partial charge in [-0.2, -0.15) is 0 Å². The Morgan fingerprint density at radius 2 is 1.62 bits per heavy atom. The zero-order valence-electron chi connectivity index (χ0n) is 17.7. The van der Waals surface area contributed by atoms with Crippen molar-refractivity contribution in [3.8, 4) is 0 Å². The lowest BCUT2D eigenvalue weighted by Gasteiger charge is -2.25. The van der Waals surface area contributed by atoms with E-state index in [-0.39, 0.29) is 17.9 Å². The van der Waals surface area contributed by atoms with E-state index < -0.39 is 11.9 Å². The largest absolute Gasteiger partial charge is 0.481 e. The van der Waals surface area contributed by atoms with Crippen LogP contribution in [0.2, 0.25) is 0 Å². The van der Waals surface area contributed by atoms with Crippen LogP contribution in [-0.4, -0.2) is 83.4 Å². The maximum atomic E-state index is 12.3. The second-order valence-corrected chi connectivity index (χ2v) is 8.31. The van der Waals surface area contributed by atoms with Gasteiger partial charge in [-0.15, -0.1) is 0 Å². The number of carboxylic acid groups (broad SMARTS) is 2. The van der Waals surface area contributed by atoms with Gasteiger partial charge in [0.05, 0.1) is 13.2 Å². The van der Waals surface area contributed by atoms with Gasteiger partial charge in [-0.1, -0.05) is 25.7 Å². The predicted molar refractivity (Wildman–Crippen MR) is 109 cm³/mol. The maximum absolute atomic E-state index is 12.3. The van der Waals surface area contributed by atoms with Crippen LogP contribution in [-0.2, 0) is 14.4 Å². The summed E-state index contributed by atoms with van der Waals surface area (Å²) in [6.07, 6.45) is 7.39. The molecule has 0 spiro atoms. The first kappa shape index (κ1) is 25.3. The zero-order chi connectivity index (χ0) is 21.9. The van der Waals surface area contributed by atoms with Gasteiger partial charge in [0.25, 0.3) is 11.9 Å². The molecular formula is C20H37N3O6. The van der Waals surface area contributed by atoms with E-state index in [0.29, 0.717) is 18.5 Å². The van der Waals surface area contributed by atoms with Gasteiger partial charge in [-0.3, -0.25) is 19.3 Å². The van der Waals surface area contributed by atoms with Crippen molar-refractivity contribution in [1.82, 2.24) is 15.5 Å². The molecule has 9 nitrogen and oxygen atoms in total. The molecule has 2 atom stereocenters. The fourth-order valence-electron chi connectivity index (χ4n) is 4.38. The molecule has 2 aliphatic heterocycles. The lowest BCUT2D eigenvalue weighted by molar-refractivity contribution is -0.135. The molecule has 3 aliphatic rings. The van der Waals surface area contributed by atoms with Crippen LogP contribution < -0.4 is 10.6 Å². The first-order valence-corrected chi connectivity index (χ1v) is 10.4. The minimum Gasteiger partial charge on any atom is -0.481 e. The maximum Gasteiger partial charge on any atom is 0.300 e. The molecular weight excluding hydrogens is 378 g/mol. The average molecular weight is 416 g/mol. The van der Waals surface area contributed by atoms with Crippen LogP contribution in [0.15, 0.2) is 0 Å². The predicted octanol–water partition coefficient (Wildman–Crippen LogP) is 0.521. The van der Waals surface area contributed by atoms with E-state index >= 15 is 0 Å². The molecule has 0 bridgehead atoms. The van der Waals surface area contributed by atoms with Crippen molar-refractivity contribution in [2.75, 3.05) is 39.3 Å². The van der Waals surface area contributed by atoms with Crippen LogP contribution >= 0.6 is 0 Å². The Balaban J connectivity index is 0.000000452. The number of amides is 1. The summed E-state index contributed by atoms with van der Waals surface area (Å²) in [6, 6.07) is 0.385. The number of aliphatic carboxylic acids is 2.